The van der Waals surface area contributed by atoms with Crippen LogP contribution in [0.15, 0.2) is 212 Å². The fourth-order valence-corrected chi connectivity index (χ4v) is 15.4. The number of aromatic nitrogens is 3. The largest absolute Gasteiger partial charge is 0.305 e. The van der Waals surface area contributed by atoms with Gasteiger partial charge in [0.1, 0.15) is 0 Å². The lowest BCUT2D eigenvalue weighted by atomic mass is 10.1. The van der Waals surface area contributed by atoms with E-state index < -0.39 is 8.07 Å². The van der Waals surface area contributed by atoms with Crippen molar-refractivity contribution in [3.63, 3.8) is 0 Å². The Labute approximate surface area is 334 Å². The van der Waals surface area contributed by atoms with Crippen molar-refractivity contribution in [2.75, 3.05) is 0 Å². The van der Waals surface area contributed by atoms with Crippen LogP contribution in [0.4, 0.5) is 0 Å². The van der Waals surface area contributed by atoms with Crippen molar-refractivity contribution in [2.45, 2.75) is 0 Å². The smallest absolute Gasteiger partial charge is 0.179 e. The summed E-state index contributed by atoms with van der Waals surface area (Å²) in [5, 5.41) is 13.0. The minimum atomic E-state index is -2.80. The van der Waals surface area contributed by atoms with Crippen molar-refractivity contribution in [3.05, 3.63) is 212 Å². The molecule has 0 aliphatic carbocycles. The molecule has 0 atom stereocenters. The molecular weight excluding hydrogens is 719 g/mol. The van der Waals surface area contributed by atoms with E-state index in [1.807, 2.05) is 0 Å². The van der Waals surface area contributed by atoms with E-state index in [2.05, 4.69) is 226 Å². The summed E-state index contributed by atoms with van der Waals surface area (Å²) in [6.07, 6.45) is 0. The van der Waals surface area contributed by atoms with E-state index in [1.165, 1.54) is 103 Å². The highest BCUT2D eigenvalue weighted by atomic mass is 28.3. The van der Waals surface area contributed by atoms with Gasteiger partial charge in [-0.1, -0.05) is 176 Å². The van der Waals surface area contributed by atoms with E-state index in [9.17, 15) is 0 Å². The molecular formula is C54H35N3Si. The Morgan fingerprint density at radius 2 is 0.603 bits per heavy atom. The summed E-state index contributed by atoms with van der Waals surface area (Å²) in [5.41, 5.74) is 10.8. The predicted octanol–water partition coefficient (Wildman–Crippen LogP) is 10.7. The summed E-state index contributed by atoms with van der Waals surface area (Å²) in [6, 6.07) is 79.7. The van der Waals surface area contributed by atoms with Crippen molar-refractivity contribution in [1.29, 1.82) is 0 Å². The Balaban J connectivity index is 1.32. The van der Waals surface area contributed by atoms with Gasteiger partial charge in [-0.05, 0) is 57.1 Å². The molecule has 0 saturated carbocycles. The SMILES string of the molecule is c1ccc([Si](c2ccccc2)(c2ccccc2)c2ccc3c(c2)c2ccc4c5ccccc5n5c6ccccc6n6c7ccccc7c7cccc(c76)n3c2c45)cc1. The van der Waals surface area contributed by atoms with Gasteiger partial charge in [0, 0.05) is 32.3 Å². The van der Waals surface area contributed by atoms with E-state index in [0.717, 1.165) is 0 Å². The first kappa shape index (κ1) is 31.8. The summed E-state index contributed by atoms with van der Waals surface area (Å²) in [6.45, 7) is 0. The molecule has 0 radical (unpaired) electrons. The summed E-state index contributed by atoms with van der Waals surface area (Å²) in [5.74, 6) is 0. The molecule has 0 saturated heterocycles. The lowest BCUT2D eigenvalue weighted by Gasteiger charge is -2.34. The number of hydrogen-bond donors (Lipinski definition) is 0. The summed E-state index contributed by atoms with van der Waals surface area (Å²) in [7, 11) is -2.80. The standard InChI is InChI=1S/C54H35N3Si/c1-4-17-36(18-5-1)58(37-19-6-2-7-20-37,38-21-8-3-9-22-38)39-31-34-48-45(35-39)44-33-32-43-41-24-11-13-27-47(41)56-50-29-15-14-28-49(50)55-46-26-12-10-23-40(46)42-25-16-30-51(52(42)55)57(48)54(44)53(43)56/h1-35H. The minimum absolute atomic E-state index is 1.17. The van der Waals surface area contributed by atoms with Crippen LogP contribution in [0.3, 0.4) is 0 Å². The Kier molecular flexibility index (Phi) is 6.47. The molecule has 9 aromatic carbocycles. The molecule has 13 rings (SSSR count). The summed E-state index contributed by atoms with van der Waals surface area (Å²) >= 11 is 0. The third kappa shape index (κ3) is 4.01. The molecule has 0 fully saturated rings. The molecule has 4 heteroatoms. The molecule has 13 aromatic rings. The molecule has 0 aliphatic heterocycles. The average molecular weight is 754 g/mol. The van der Waals surface area contributed by atoms with Gasteiger partial charge < -0.3 is 13.2 Å². The summed E-state index contributed by atoms with van der Waals surface area (Å²) < 4.78 is 7.65. The average Bonchev–Trinajstić information content (AvgIpc) is 3.94. The van der Waals surface area contributed by atoms with Crippen LogP contribution in [-0.2, 0) is 0 Å². The lowest BCUT2D eigenvalue weighted by molar-refractivity contribution is 1.30. The maximum absolute atomic E-state index is 2.80. The quantitative estimate of drug-likeness (QED) is 0.125. The van der Waals surface area contributed by atoms with Crippen LogP contribution in [0.5, 0.6) is 0 Å². The second-order valence-electron chi connectivity index (χ2n) is 15.6. The van der Waals surface area contributed by atoms with Crippen LogP contribution in [0, 0.1) is 0 Å². The highest BCUT2D eigenvalue weighted by Crippen LogP contribution is 2.42. The number of rotatable bonds is 4. The van der Waals surface area contributed by atoms with Crippen molar-refractivity contribution in [2.24, 2.45) is 0 Å². The van der Waals surface area contributed by atoms with E-state index in [4.69, 9.17) is 0 Å². The third-order valence-corrected chi connectivity index (χ3v) is 17.7. The number of benzene rings is 9. The molecule has 4 aromatic heterocycles. The molecule has 0 aliphatic rings. The Bertz CT molecular complexity index is 3690. The predicted molar refractivity (Wildman–Crippen MR) is 248 cm³/mol. The highest BCUT2D eigenvalue weighted by Gasteiger charge is 2.41. The number of hydrogen-bond acceptors (Lipinski definition) is 0. The van der Waals surface area contributed by atoms with Crippen LogP contribution < -0.4 is 20.7 Å². The van der Waals surface area contributed by atoms with Crippen LogP contribution >= 0.6 is 0 Å². The zero-order valence-electron chi connectivity index (χ0n) is 31.5. The second-order valence-corrected chi connectivity index (χ2v) is 19.4. The lowest BCUT2D eigenvalue weighted by Crippen LogP contribution is -2.74. The topological polar surface area (TPSA) is 13.2 Å². The van der Waals surface area contributed by atoms with Crippen molar-refractivity contribution in [1.82, 2.24) is 13.2 Å². The first-order valence-electron chi connectivity index (χ1n) is 20.1. The highest BCUT2D eigenvalue weighted by molar-refractivity contribution is 7.20. The van der Waals surface area contributed by atoms with Gasteiger partial charge in [0.05, 0.1) is 49.7 Å². The van der Waals surface area contributed by atoms with Gasteiger partial charge in [0.2, 0.25) is 0 Å². The maximum atomic E-state index is 2.59. The summed E-state index contributed by atoms with van der Waals surface area (Å²) in [4.78, 5) is 0. The number of nitrogens with zero attached hydrogens (tertiary/aromatic N) is 3. The Hall–Kier alpha value is -7.40. The van der Waals surface area contributed by atoms with Crippen molar-refractivity contribution in [3.8, 4) is 0 Å². The molecule has 3 nitrogen and oxygen atoms in total. The van der Waals surface area contributed by atoms with Crippen molar-refractivity contribution >= 4 is 111 Å². The second kappa shape index (κ2) is 11.8. The first-order valence-corrected chi connectivity index (χ1v) is 22.1. The van der Waals surface area contributed by atoms with Crippen LogP contribution in [0.2, 0.25) is 0 Å². The van der Waals surface area contributed by atoms with E-state index >= 15 is 0 Å². The molecule has 270 valence electrons. The van der Waals surface area contributed by atoms with Gasteiger partial charge >= 0.3 is 0 Å². The van der Waals surface area contributed by atoms with E-state index in [0.29, 0.717) is 0 Å². The third-order valence-electron chi connectivity index (χ3n) is 12.9. The number of para-hydroxylation sites is 5. The Morgan fingerprint density at radius 1 is 0.224 bits per heavy atom. The fraction of sp³-hybridized carbons (Fsp3) is 0. The molecule has 4 heterocycles. The number of fused-ring (bicyclic) bond motifs is 13. The van der Waals surface area contributed by atoms with Crippen molar-refractivity contribution < 1.29 is 0 Å². The monoisotopic (exact) mass is 753 g/mol. The maximum Gasteiger partial charge on any atom is 0.179 e. The van der Waals surface area contributed by atoms with Gasteiger partial charge in [-0.3, -0.25) is 0 Å². The van der Waals surface area contributed by atoms with Gasteiger partial charge in [0.25, 0.3) is 0 Å². The molecule has 58 heavy (non-hydrogen) atoms. The van der Waals surface area contributed by atoms with Gasteiger partial charge in [-0.2, -0.15) is 0 Å². The molecule has 0 bridgehead atoms. The molecule has 0 spiro atoms. The van der Waals surface area contributed by atoms with Crippen LogP contribution in [0.1, 0.15) is 0 Å². The van der Waals surface area contributed by atoms with E-state index in [-0.39, 0.29) is 0 Å². The molecule has 0 amide bonds. The van der Waals surface area contributed by atoms with Crippen LogP contribution in [-0.4, -0.2) is 21.3 Å². The zero-order chi connectivity index (χ0) is 38.0. The molecule has 0 unspecified atom stereocenters. The zero-order valence-corrected chi connectivity index (χ0v) is 32.5. The van der Waals surface area contributed by atoms with Crippen LogP contribution in [0.25, 0.3) is 82.0 Å². The minimum Gasteiger partial charge on any atom is -0.305 e. The van der Waals surface area contributed by atoms with Gasteiger partial charge in [-0.25, -0.2) is 0 Å². The molecule has 0 N–H and O–H groups in total. The fourth-order valence-electron chi connectivity index (χ4n) is 10.6. The normalized spacial score (nSPS) is 12.5. The van der Waals surface area contributed by atoms with Gasteiger partial charge in [-0.15, -0.1) is 0 Å². The van der Waals surface area contributed by atoms with E-state index in [1.54, 1.807) is 0 Å². The van der Waals surface area contributed by atoms with Gasteiger partial charge in [0.15, 0.2) is 8.07 Å². The Morgan fingerprint density at radius 3 is 1.16 bits per heavy atom. The first-order chi connectivity index (χ1) is 28.8.